The zero-order valence-electron chi connectivity index (χ0n) is 18.4. The van der Waals surface area contributed by atoms with Crippen molar-refractivity contribution in [2.24, 2.45) is 10.3 Å². The minimum Gasteiger partial charge on any atom is -0.497 e. The summed E-state index contributed by atoms with van der Waals surface area (Å²) in [6.07, 6.45) is 0. The van der Waals surface area contributed by atoms with Crippen LogP contribution in [-0.2, 0) is 16.1 Å². The summed E-state index contributed by atoms with van der Waals surface area (Å²) in [7, 11) is 3.09. The van der Waals surface area contributed by atoms with E-state index in [4.69, 9.17) is 25.6 Å². The number of hydrogen-bond acceptors (Lipinski definition) is 10. The van der Waals surface area contributed by atoms with Crippen molar-refractivity contribution in [1.82, 2.24) is 15.1 Å². The first-order chi connectivity index (χ1) is 16.4. The number of imide groups is 1. The average Bonchev–Trinajstić information content (AvgIpc) is 3.53. The molecular weight excluding hydrogens is 464 g/mol. The third-order valence-electron chi connectivity index (χ3n) is 5.69. The molecule has 0 unspecified atom stereocenters. The van der Waals surface area contributed by atoms with Crippen molar-refractivity contribution in [1.29, 1.82) is 0 Å². The Morgan fingerprint density at radius 1 is 1.09 bits per heavy atom. The molecule has 2 aliphatic heterocycles. The van der Waals surface area contributed by atoms with E-state index in [1.54, 1.807) is 43.5 Å². The maximum absolute atomic E-state index is 13.2. The van der Waals surface area contributed by atoms with Gasteiger partial charge in [0, 0.05) is 11.1 Å². The molecule has 0 spiro atoms. The highest BCUT2D eigenvalue weighted by molar-refractivity contribution is 6.32. The Kier molecular flexibility index (Phi) is 5.40. The Hall–Kier alpha value is -3.99. The van der Waals surface area contributed by atoms with Gasteiger partial charge in [0.15, 0.2) is 12.1 Å². The molecule has 0 N–H and O–H groups in total. The Labute approximate surface area is 198 Å². The zero-order valence-corrected chi connectivity index (χ0v) is 19.2. The van der Waals surface area contributed by atoms with Crippen LogP contribution in [0, 0.1) is 6.92 Å². The number of rotatable bonds is 6. The summed E-state index contributed by atoms with van der Waals surface area (Å²) in [4.78, 5) is 31.6. The standard InChI is InChI=1S/C22H19ClN6O5/c1-11-4-5-12(8-15(11)23)29-21(30)18-19(22(29)31)28(27-25-18)10-17-24-20(26-34-17)14-7-6-13(32-2)9-16(14)33-3/h4-9,18-19H,10H2,1-3H3/t18-,19+/m1/s1. The molecule has 0 radical (unpaired) electrons. The predicted octanol–water partition coefficient (Wildman–Crippen LogP) is 3.21. The van der Waals surface area contributed by atoms with Crippen LogP contribution in [0.15, 0.2) is 51.3 Å². The first-order valence-corrected chi connectivity index (χ1v) is 10.7. The van der Waals surface area contributed by atoms with E-state index in [-0.39, 0.29) is 12.4 Å². The first kappa shape index (κ1) is 21.8. The summed E-state index contributed by atoms with van der Waals surface area (Å²) in [5.74, 6) is 0.719. The van der Waals surface area contributed by atoms with Gasteiger partial charge in [-0.25, -0.2) is 4.90 Å². The minimum absolute atomic E-state index is 0.00233. The number of nitrogens with zero attached hydrogens (tertiary/aromatic N) is 6. The number of halogens is 1. The first-order valence-electron chi connectivity index (χ1n) is 10.3. The molecule has 1 saturated heterocycles. The van der Waals surface area contributed by atoms with Crippen molar-refractivity contribution >= 4 is 29.1 Å². The van der Waals surface area contributed by atoms with Gasteiger partial charge in [0.05, 0.1) is 25.5 Å². The number of hydrogen-bond donors (Lipinski definition) is 0. The van der Waals surface area contributed by atoms with Crippen LogP contribution in [0.25, 0.3) is 11.4 Å². The maximum atomic E-state index is 13.2. The van der Waals surface area contributed by atoms with Gasteiger partial charge >= 0.3 is 0 Å². The van der Waals surface area contributed by atoms with Crippen LogP contribution in [-0.4, -0.2) is 53.3 Å². The van der Waals surface area contributed by atoms with E-state index in [9.17, 15) is 9.59 Å². The van der Waals surface area contributed by atoms with Crippen LogP contribution in [0.5, 0.6) is 11.5 Å². The van der Waals surface area contributed by atoms with Gasteiger partial charge in [0.1, 0.15) is 18.0 Å². The van der Waals surface area contributed by atoms with Gasteiger partial charge in [-0.1, -0.05) is 28.0 Å². The number of anilines is 1. The fraction of sp³-hybridized carbons (Fsp3) is 0.273. The summed E-state index contributed by atoms with van der Waals surface area (Å²) in [5.41, 5.74) is 1.84. The molecule has 12 heteroatoms. The van der Waals surface area contributed by atoms with E-state index >= 15 is 0 Å². The number of carbonyl (C=O) groups is 2. The molecule has 174 valence electrons. The number of carbonyl (C=O) groups excluding carboxylic acids is 2. The summed E-state index contributed by atoms with van der Waals surface area (Å²) in [5, 5.41) is 13.9. The van der Waals surface area contributed by atoms with Crippen LogP contribution in [0.4, 0.5) is 5.69 Å². The van der Waals surface area contributed by atoms with Crippen LogP contribution >= 0.6 is 11.6 Å². The lowest BCUT2D eigenvalue weighted by Crippen LogP contribution is -2.39. The third-order valence-corrected chi connectivity index (χ3v) is 6.09. The van der Waals surface area contributed by atoms with Crippen molar-refractivity contribution in [2.75, 3.05) is 19.1 Å². The molecule has 1 fully saturated rings. The molecule has 0 aliphatic carbocycles. The smallest absolute Gasteiger partial charge is 0.263 e. The summed E-state index contributed by atoms with van der Waals surface area (Å²) < 4.78 is 16.0. The highest BCUT2D eigenvalue weighted by Crippen LogP contribution is 2.35. The molecule has 2 aromatic carbocycles. The van der Waals surface area contributed by atoms with Crippen LogP contribution in [0.1, 0.15) is 11.5 Å². The number of aromatic nitrogens is 2. The average molecular weight is 483 g/mol. The van der Waals surface area contributed by atoms with E-state index in [1.807, 2.05) is 6.92 Å². The van der Waals surface area contributed by atoms with Crippen molar-refractivity contribution in [3.63, 3.8) is 0 Å². The highest BCUT2D eigenvalue weighted by Gasteiger charge is 2.55. The van der Waals surface area contributed by atoms with Crippen molar-refractivity contribution in [2.45, 2.75) is 25.6 Å². The van der Waals surface area contributed by atoms with Gasteiger partial charge in [-0.2, -0.15) is 10.1 Å². The van der Waals surface area contributed by atoms with Gasteiger partial charge in [0.25, 0.3) is 11.8 Å². The number of amides is 2. The molecular formula is C22H19ClN6O5. The molecule has 2 aliphatic rings. The van der Waals surface area contributed by atoms with E-state index < -0.39 is 23.9 Å². The monoisotopic (exact) mass is 482 g/mol. The minimum atomic E-state index is -0.948. The van der Waals surface area contributed by atoms with Crippen LogP contribution in [0.2, 0.25) is 5.02 Å². The number of benzene rings is 2. The molecule has 2 atom stereocenters. The largest absolute Gasteiger partial charge is 0.497 e. The zero-order chi connectivity index (χ0) is 24.0. The lowest BCUT2D eigenvalue weighted by molar-refractivity contribution is -0.123. The fourth-order valence-corrected chi connectivity index (χ4v) is 4.05. The SMILES string of the molecule is COc1ccc(-c2noc(CN3N=N[C@H]4C(=O)N(c5ccc(C)c(Cl)c5)C(=O)[C@H]43)n2)c(OC)c1. The van der Waals surface area contributed by atoms with Crippen molar-refractivity contribution in [3.8, 4) is 22.9 Å². The van der Waals surface area contributed by atoms with Crippen molar-refractivity contribution in [3.05, 3.63) is 52.9 Å². The van der Waals surface area contributed by atoms with Gasteiger partial charge in [0.2, 0.25) is 11.7 Å². The molecule has 2 amide bonds. The number of ether oxygens (including phenoxy) is 2. The van der Waals surface area contributed by atoms with E-state index in [0.717, 1.165) is 10.5 Å². The number of aryl methyl sites for hydroxylation is 1. The third kappa shape index (κ3) is 3.54. The van der Waals surface area contributed by atoms with Gasteiger partial charge in [-0.3, -0.25) is 14.6 Å². The number of fused-ring (bicyclic) bond motifs is 1. The van der Waals surface area contributed by atoms with E-state index in [1.165, 1.54) is 12.1 Å². The van der Waals surface area contributed by atoms with Crippen molar-refractivity contribution < 1.29 is 23.6 Å². The topological polar surface area (TPSA) is 123 Å². The lowest BCUT2D eigenvalue weighted by atomic mass is 10.1. The van der Waals surface area contributed by atoms with Gasteiger partial charge < -0.3 is 14.0 Å². The second-order valence-corrected chi connectivity index (χ2v) is 8.12. The predicted molar refractivity (Wildman–Crippen MR) is 119 cm³/mol. The van der Waals surface area contributed by atoms with Gasteiger partial charge in [-0.15, -0.1) is 0 Å². The number of methoxy groups -OCH3 is 2. The Morgan fingerprint density at radius 2 is 1.91 bits per heavy atom. The van der Waals surface area contributed by atoms with E-state index in [0.29, 0.717) is 33.6 Å². The van der Waals surface area contributed by atoms with Crippen LogP contribution in [0.3, 0.4) is 0 Å². The highest BCUT2D eigenvalue weighted by atomic mass is 35.5. The summed E-state index contributed by atoms with van der Waals surface area (Å²) >= 11 is 6.19. The van der Waals surface area contributed by atoms with E-state index in [2.05, 4.69) is 20.5 Å². The Morgan fingerprint density at radius 3 is 2.65 bits per heavy atom. The quantitative estimate of drug-likeness (QED) is 0.491. The fourth-order valence-electron chi connectivity index (χ4n) is 3.88. The molecule has 0 saturated carbocycles. The normalized spacial score (nSPS) is 19.2. The summed E-state index contributed by atoms with van der Waals surface area (Å²) in [6.45, 7) is 1.84. The maximum Gasteiger partial charge on any atom is 0.263 e. The lowest BCUT2D eigenvalue weighted by Gasteiger charge is -2.19. The molecule has 5 rings (SSSR count). The summed E-state index contributed by atoms with van der Waals surface area (Å²) in [6, 6.07) is 8.37. The Bertz CT molecular complexity index is 1320. The Balaban J connectivity index is 1.37. The second kappa shape index (κ2) is 8.41. The molecule has 11 nitrogen and oxygen atoms in total. The molecule has 1 aromatic heterocycles. The van der Waals surface area contributed by atoms with Gasteiger partial charge in [-0.05, 0) is 36.8 Å². The molecule has 3 heterocycles. The van der Waals surface area contributed by atoms with Crippen LogP contribution < -0.4 is 14.4 Å². The molecule has 3 aromatic rings. The second-order valence-electron chi connectivity index (χ2n) is 7.72. The molecule has 0 bridgehead atoms. The molecule has 34 heavy (non-hydrogen) atoms.